The molecule has 4 nitrogen and oxygen atoms in total. The van der Waals surface area contributed by atoms with Crippen molar-refractivity contribution >= 4 is 27.9 Å². The van der Waals surface area contributed by atoms with Gasteiger partial charge in [0.2, 0.25) is 0 Å². The minimum Gasteiger partial charge on any atom is -0.737 e. The van der Waals surface area contributed by atoms with E-state index in [1.165, 1.54) is 24.3 Å². The van der Waals surface area contributed by atoms with Crippen LogP contribution in [0.5, 0.6) is 0 Å². The Morgan fingerprint density at radius 1 is 1.29 bits per heavy atom. The predicted molar refractivity (Wildman–Crippen MR) is 52.3 cm³/mol. The average molecular weight is 231 g/mol. The summed E-state index contributed by atoms with van der Waals surface area (Å²) in [6.07, 6.45) is 0. The van der Waals surface area contributed by atoms with Gasteiger partial charge < -0.3 is 17.4 Å². The molecule has 14 heavy (non-hydrogen) atoms. The molecule has 1 aromatic carbocycles. The standard InChI is InChI=1S/C8H8O4S2/c1-12-14(10,11)7-4-2-6(3-5-7)8(9)13/h2-5H,1H3,(H,9,13)/p-1. The molecule has 0 radical (unpaired) electrons. The van der Waals surface area contributed by atoms with Crippen LogP contribution in [0.4, 0.5) is 0 Å². The van der Waals surface area contributed by atoms with E-state index < -0.39 is 15.2 Å². The van der Waals surface area contributed by atoms with Crippen LogP contribution in [0.1, 0.15) is 10.4 Å². The fourth-order valence-electron chi connectivity index (χ4n) is 0.854. The molecule has 0 amide bonds. The molecule has 0 fully saturated rings. The smallest absolute Gasteiger partial charge is 0.296 e. The lowest BCUT2D eigenvalue weighted by molar-refractivity contribution is 0.109. The van der Waals surface area contributed by atoms with E-state index in [4.69, 9.17) is 0 Å². The Labute approximate surface area is 87.4 Å². The molecule has 0 atom stereocenters. The van der Waals surface area contributed by atoms with Gasteiger partial charge in [-0.15, -0.1) is 0 Å². The first-order chi connectivity index (χ1) is 6.47. The molecule has 76 valence electrons. The van der Waals surface area contributed by atoms with E-state index in [-0.39, 0.29) is 10.5 Å². The fourth-order valence-corrected chi connectivity index (χ4v) is 1.65. The number of hydrogen-bond donors (Lipinski definition) is 0. The molecule has 0 aliphatic rings. The van der Waals surface area contributed by atoms with Crippen molar-refractivity contribution in [2.24, 2.45) is 0 Å². The van der Waals surface area contributed by atoms with Gasteiger partial charge in [-0.05, 0) is 17.7 Å². The minimum absolute atomic E-state index is 0.000000000000000444. The summed E-state index contributed by atoms with van der Waals surface area (Å²) in [4.78, 5) is 10.7. The van der Waals surface area contributed by atoms with Crippen molar-refractivity contribution in [1.29, 1.82) is 0 Å². The lowest BCUT2D eigenvalue weighted by atomic mass is 10.2. The Hall–Kier alpha value is -0.980. The van der Waals surface area contributed by atoms with Crippen molar-refractivity contribution in [1.82, 2.24) is 0 Å². The van der Waals surface area contributed by atoms with Crippen LogP contribution in [0.2, 0.25) is 0 Å². The van der Waals surface area contributed by atoms with Gasteiger partial charge in [0.15, 0.2) is 0 Å². The molecule has 0 aliphatic heterocycles. The summed E-state index contributed by atoms with van der Waals surface area (Å²) < 4.78 is 26.6. The van der Waals surface area contributed by atoms with Gasteiger partial charge in [-0.25, -0.2) is 0 Å². The zero-order chi connectivity index (χ0) is 10.8. The fraction of sp³-hybridized carbons (Fsp3) is 0.125. The van der Waals surface area contributed by atoms with Crippen LogP contribution >= 0.6 is 0 Å². The van der Waals surface area contributed by atoms with Gasteiger partial charge >= 0.3 is 0 Å². The molecule has 0 spiro atoms. The quantitative estimate of drug-likeness (QED) is 0.566. The van der Waals surface area contributed by atoms with Crippen molar-refractivity contribution in [2.45, 2.75) is 4.90 Å². The van der Waals surface area contributed by atoms with E-state index >= 15 is 0 Å². The molecule has 0 aliphatic carbocycles. The van der Waals surface area contributed by atoms with Gasteiger partial charge in [-0.3, -0.25) is 4.18 Å². The van der Waals surface area contributed by atoms with Crippen molar-refractivity contribution in [3.63, 3.8) is 0 Å². The van der Waals surface area contributed by atoms with Crippen LogP contribution < -0.4 is 0 Å². The van der Waals surface area contributed by atoms with Gasteiger partial charge in [-0.2, -0.15) is 8.42 Å². The van der Waals surface area contributed by atoms with Crippen LogP contribution in [0.3, 0.4) is 0 Å². The molecule has 0 saturated heterocycles. The van der Waals surface area contributed by atoms with Crippen molar-refractivity contribution in [3.05, 3.63) is 29.8 Å². The highest BCUT2D eigenvalue weighted by atomic mass is 32.2. The van der Waals surface area contributed by atoms with Crippen LogP contribution in [-0.4, -0.2) is 20.6 Å². The first-order valence-electron chi connectivity index (χ1n) is 3.59. The van der Waals surface area contributed by atoms with Crippen LogP contribution in [0.25, 0.3) is 0 Å². The molecule has 0 heterocycles. The van der Waals surface area contributed by atoms with Gasteiger partial charge in [0, 0.05) is 5.12 Å². The Morgan fingerprint density at radius 3 is 2.14 bits per heavy atom. The summed E-state index contributed by atoms with van der Waals surface area (Å²) in [7, 11) is -2.62. The second-order valence-corrected chi connectivity index (χ2v) is 4.52. The van der Waals surface area contributed by atoms with E-state index in [0.717, 1.165) is 7.11 Å². The molecule has 0 N–H and O–H groups in total. The first kappa shape index (κ1) is 11.1. The van der Waals surface area contributed by atoms with Crippen LogP contribution in [0.15, 0.2) is 29.2 Å². The summed E-state index contributed by atoms with van der Waals surface area (Å²) in [5.41, 5.74) is 0.287. The van der Waals surface area contributed by atoms with E-state index in [1.807, 2.05) is 0 Å². The molecular weight excluding hydrogens is 224 g/mol. The van der Waals surface area contributed by atoms with Gasteiger partial charge in [0.25, 0.3) is 10.1 Å². The highest BCUT2D eigenvalue weighted by Crippen LogP contribution is 2.12. The maximum absolute atomic E-state index is 11.1. The predicted octanol–water partition coefficient (Wildman–Crippen LogP) is 0.709. The van der Waals surface area contributed by atoms with Crippen molar-refractivity contribution in [3.8, 4) is 0 Å². The van der Waals surface area contributed by atoms with E-state index in [9.17, 15) is 13.2 Å². The molecule has 0 aromatic heterocycles. The monoisotopic (exact) mass is 231 g/mol. The van der Waals surface area contributed by atoms with Gasteiger partial charge in [-0.1, -0.05) is 12.1 Å². The molecule has 0 unspecified atom stereocenters. The van der Waals surface area contributed by atoms with Gasteiger partial charge in [0.1, 0.15) is 0 Å². The Bertz CT molecular complexity index is 433. The van der Waals surface area contributed by atoms with Crippen molar-refractivity contribution in [2.75, 3.05) is 7.11 Å². The summed E-state index contributed by atoms with van der Waals surface area (Å²) in [5, 5.41) is -0.522. The largest absolute Gasteiger partial charge is 0.737 e. The van der Waals surface area contributed by atoms with E-state index in [0.29, 0.717) is 0 Å². The molecule has 6 heteroatoms. The highest BCUT2D eigenvalue weighted by Gasteiger charge is 2.11. The summed E-state index contributed by atoms with van der Waals surface area (Å²) >= 11 is 4.39. The number of benzene rings is 1. The maximum Gasteiger partial charge on any atom is 0.296 e. The third-order valence-electron chi connectivity index (χ3n) is 1.60. The second kappa shape index (κ2) is 4.04. The number of carbonyl (C=O) groups is 1. The number of carbonyl (C=O) groups excluding carboxylic acids is 1. The molecule has 0 saturated carbocycles. The summed E-state index contributed by atoms with van der Waals surface area (Å²) in [6, 6.07) is 5.25. The molecular formula is C8H7O4S2-. The number of rotatable bonds is 3. The zero-order valence-electron chi connectivity index (χ0n) is 7.26. The third kappa shape index (κ3) is 2.28. The highest BCUT2D eigenvalue weighted by molar-refractivity contribution is 7.86. The summed E-state index contributed by atoms with van der Waals surface area (Å²) in [6.45, 7) is 0. The van der Waals surface area contributed by atoms with Crippen molar-refractivity contribution < 1.29 is 17.4 Å². The Morgan fingerprint density at radius 2 is 1.79 bits per heavy atom. The molecule has 1 aromatic rings. The molecule has 1 rings (SSSR count). The normalized spacial score (nSPS) is 11.2. The summed E-state index contributed by atoms with van der Waals surface area (Å²) in [5.74, 6) is 0. The first-order valence-corrected chi connectivity index (χ1v) is 5.41. The van der Waals surface area contributed by atoms with E-state index in [2.05, 4.69) is 16.8 Å². The average Bonchev–Trinajstić information content (AvgIpc) is 2.18. The Balaban J connectivity index is 3.12. The third-order valence-corrected chi connectivity index (χ3v) is 3.12. The maximum atomic E-state index is 11.1. The topological polar surface area (TPSA) is 60.4 Å². The minimum atomic E-state index is -3.69. The lowest BCUT2D eigenvalue weighted by Crippen LogP contribution is -2.03. The SMILES string of the molecule is COS(=O)(=O)c1ccc(C(=O)[S-])cc1. The van der Waals surface area contributed by atoms with Crippen LogP contribution in [-0.2, 0) is 26.9 Å². The van der Waals surface area contributed by atoms with E-state index in [1.54, 1.807) is 0 Å². The Kier molecular flexibility index (Phi) is 3.20. The lowest BCUT2D eigenvalue weighted by Gasteiger charge is -2.05. The van der Waals surface area contributed by atoms with Gasteiger partial charge in [0.05, 0.1) is 12.0 Å². The van der Waals surface area contributed by atoms with Crippen LogP contribution in [0, 0.1) is 0 Å². The second-order valence-electron chi connectivity index (χ2n) is 2.43. The zero-order valence-corrected chi connectivity index (χ0v) is 8.89. The molecule has 0 bridgehead atoms. The number of hydrogen-bond acceptors (Lipinski definition) is 5.